The van der Waals surface area contributed by atoms with Crippen molar-refractivity contribution in [3.63, 3.8) is 0 Å². The number of likely N-dealkylation sites (N-methyl/N-ethyl adjacent to an activating group) is 1. The van der Waals surface area contributed by atoms with Crippen LogP contribution in [0.1, 0.15) is 52.4 Å². The third-order valence-electron chi connectivity index (χ3n) is 4.38. The van der Waals surface area contributed by atoms with Crippen molar-refractivity contribution >= 4 is 11.8 Å². The minimum Gasteiger partial charge on any atom is -0.303 e. The predicted octanol–water partition coefficient (Wildman–Crippen LogP) is 1.69. The van der Waals surface area contributed by atoms with Gasteiger partial charge in [-0.25, -0.2) is 0 Å². The first-order valence-electron chi connectivity index (χ1n) is 7.23. The summed E-state index contributed by atoms with van der Waals surface area (Å²) in [5.74, 6) is 0.596. The van der Waals surface area contributed by atoms with Gasteiger partial charge in [0, 0.05) is 12.6 Å². The van der Waals surface area contributed by atoms with E-state index < -0.39 is 0 Å². The molecule has 0 bridgehead atoms. The number of imide groups is 1. The van der Waals surface area contributed by atoms with Crippen molar-refractivity contribution in [3.05, 3.63) is 0 Å². The van der Waals surface area contributed by atoms with E-state index in [0.29, 0.717) is 24.9 Å². The minimum absolute atomic E-state index is 0.0316. The lowest BCUT2D eigenvalue weighted by molar-refractivity contribution is -0.138. The highest BCUT2D eigenvalue weighted by molar-refractivity contribution is 6.05. The van der Waals surface area contributed by atoms with Crippen LogP contribution >= 0.6 is 0 Å². The summed E-state index contributed by atoms with van der Waals surface area (Å²) in [6.45, 7) is 4.50. The van der Waals surface area contributed by atoms with Gasteiger partial charge in [0.2, 0.25) is 11.8 Å². The van der Waals surface area contributed by atoms with Crippen LogP contribution in [0.2, 0.25) is 0 Å². The molecule has 0 aromatic carbocycles. The Kier molecular flexibility index (Phi) is 4.38. The molecule has 0 aromatic rings. The number of hydrogen-bond donors (Lipinski definition) is 1. The monoisotopic (exact) mass is 252 g/mol. The maximum Gasteiger partial charge on any atom is 0.246 e. The van der Waals surface area contributed by atoms with Crippen molar-refractivity contribution in [1.82, 2.24) is 10.2 Å². The standard InChI is InChI=1S/C14H24N2O2/c1-3-16-13(17)9-12(14(16)18)15-10(2)11-7-5-4-6-8-11/h10-12,15H,3-9H2,1-2H3. The van der Waals surface area contributed by atoms with Gasteiger partial charge in [0.1, 0.15) is 0 Å². The molecule has 1 heterocycles. The van der Waals surface area contributed by atoms with Crippen LogP contribution in [0.25, 0.3) is 0 Å². The van der Waals surface area contributed by atoms with E-state index in [-0.39, 0.29) is 17.9 Å². The van der Waals surface area contributed by atoms with Gasteiger partial charge < -0.3 is 5.32 Å². The van der Waals surface area contributed by atoms with Crippen molar-refractivity contribution in [1.29, 1.82) is 0 Å². The molecule has 0 aromatic heterocycles. The van der Waals surface area contributed by atoms with Gasteiger partial charge in [0.05, 0.1) is 12.5 Å². The normalized spacial score (nSPS) is 27.9. The molecule has 1 saturated carbocycles. The lowest BCUT2D eigenvalue weighted by atomic mass is 9.84. The minimum atomic E-state index is -0.283. The van der Waals surface area contributed by atoms with Crippen LogP contribution in [-0.2, 0) is 9.59 Å². The number of rotatable bonds is 4. The van der Waals surface area contributed by atoms with Crippen LogP contribution in [0, 0.1) is 5.92 Å². The Balaban J connectivity index is 1.89. The van der Waals surface area contributed by atoms with Gasteiger partial charge in [-0.05, 0) is 32.6 Å². The summed E-state index contributed by atoms with van der Waals surface area (Å²) in [6, 6.07) is 0.0539. The molecule has 2 amide bonds. The zero-order chi connectivity index (χ0) is 13.1. The van der Waals surface area contributed by atoms with Crippen LogP contribution in [0.5, 0.6) is 0 Å². The fourth-order valence-corrected chi connectivity index (χ4v) is 3.23. The highest BCUT2D eigenvalue weighted by Gasteiger charge is 2.38. The average molecular weight is 252 g/mol. The van der Waals surface area contributed by atoms with Crippen molar-refractivity contribution in [2.75, 3.05) is 6.54 Å². The third-order valence-corrected chi connectivity index (χ3v) is 4.38. The van der Waals surface area contributed by atoms with Crippen LogP contribution in [0.15, 0.2) is 0 Å². The molecule has 2 rings (SSSR count). The number of nitrogens with one attached hydrogen (secondary N) is 1. The Bertz CT molecular complexity index is 324. The largest absolute Gasteiger partial charge is 0.303 e. The lowest BCUT2D eigenvalue weighted by Gasteiger charge is -2.29. The van der Waals surface area contributed by atoms with Crippen molar-refractivity contribution < 1.29 is 9.59 Å². The van der Waals surface area contributed by atoms with E-state index >= 15 is 0 Å². The maximum atomic E-state index is 12.0. The molecule has 4 nitrogen and oxygen atoms in total. The molecule has 18 heavy (non-hydrogen) atoms. The van der Waals surface area contributed by atoms with Gasteiger partial charge in [-0.2, -0.15) is 0 Å². The van der Waals surface area contributed by atoms with Gasteiger partial charge in [-0.3, -0.25) is 14.5 Å². The fourth-order valence-electron chi connectivity index (χ4n) is 3.23. The molecule has 2 aliphatic rings. The molecular weight excluding hydrogens is 228 g/mol. The summed E-state index contributed by atoms with van der Waals surface area (Å²) in [6.07, 6.45) is 6.78. The molecule has 1 saturated heterocycles. The van der Waals surface area contributed by atoms with Gasteiger partial charge >= 0.3 is 0 Å². The third kappa shape index (κ3) is 2.74. The van der Waals surface area contributed by atoms with Crippen LogP contribution in [0.3, 0.4) is 0 Å². The van der Waals surface area contributed by atoms with E-state index in [1.165, 1.54) is 37.0 Å². The summed E-state index contributed by atoms with van der Waals surface area (Å²) in [5.41, 5.74) is 0. The summed E-state index contributed by atoms with van der Waals surface area (Å²) in [4.78, 5) is 25.0. The summed E-state index contributed by atoms with van der Waals surface area (Å²) >= 11 is 0. The molecular formula is C14H24N2O2. The topological polar surface area (TPSA) is 49.4 Å². The first-order chi connectivity index (χ1) is 8.63. The first-order valence-corrected chi connectivity index (χ1v) is 7.23. The number of carbonyl (C=O) groups excluding carboxylic acids is 2. The Morgan fingerprint density at radius 2 is 1.94 bits per heavy atom. The summed E-state index contributed by atoms with van der Waals surface area (Å²) in [7, 11) is 0. The van der Waals surface area contributed by atoms with E-state index in [9.17, 15) is 9.59 Å². The smallest absolute Gasteiger partial charge is 0.246 e. The van der Waals surface area contributed by atoms with Gasteiger partial charge in [-0.15, -0.1) is 0 Å². The predicted molar refractivity (Wildman–Crippen MR) is 70.0 cm³/mol. The number of likely N-dealkylation sites (tertiary alicyclic amines) is 1. The van der Waals surface area contributed by atoms with Crippen LogP contribution in [-0.4, -0.2) is 35.3 Å². The second-order valence-corrected chi connectivity index (χ2v) is 5.59. The van der Waals surface area contributed by atoms with Gasteiger partial charge in [0.15, 0.2) is 0 Å². The first kappa shape index (κ1) is 13.5. The van der Waals surface area contributed by atoms with E-state index in [4.69, 9.17) is 0 Å². The molecule has 1 aliphatic heterocycles. The van der Waals surface area contributed by atoms with E-state index in [1.54, 1.807) is 0 Å². The molecule has 0 spiro atoms. The second kappa shape index (κ2) is 5.83. The van der Waals surface area contributed by atoms with E-state index in [2.05, 4.69) is 12.2 Å². The molecule has 1 aliphatic carbocycles. The highest BCUT2D eigenvalue weighted by Crippen LogP contribution is 2.27. The zero-order valence-electron chi connectivity index (χ0n) is 11.4. The molecule has 1 N–H and O–H groups in total. The quantitative estimate of drug-likeness (QED) is 0.775. The van der Waals surface area contributed by atoms with E-state index in [1.807, 2.05) is 6.92 Å². The highest BCUT2D eigenvalue weighted by atomic mass is 16.2. The van der Waals surface area contributed by atoms with Crippen LogP contribution < -0.4 is 5.32 Å². The SMILES string of the molecule is CCN1C(=O)CC(NC(C)C2CCCCC2)C1=O. The number of nitrogens with zero attached hydrogens (tertiary/aromatic N) is 1. The van der Waals surface area contributed by atoms with E-state index in [0.717, 1.165) is 0 Å². The maximum absolute atomic E-state index is 12.0. The molecule has 2 fully saturated rings. The lowest BCUT2D eigenvalue weighted by Crippen LogP contribution is -2.45. The Hall–Kier alpha value is -0.900. The summed E-state index contributed by atoms with van der Waals surface area (Å²) < 4.78 is 0. The second-order valence-electron chi connectivity index (χ2n) is 5.59. The van der Waals surface area contributed by atoms with Crippen LogP contribution in [0.4, 0.5) is 0 Å². The van der Waals surface area contributed by atoms with Crippen molar-refractivity contribution in [2.45, 2.75) is 64.5 Å². The molecule has 2 atom stereocenters. The number of hydrogen-bond acceptors (Lipinski definition) is 3. The number of amides is 2. The Morgan fingerprint density at radius 1 is 1.28 bits per heavy atom. The molecule has 2 unspecified atom stereocenters. The Labute approximate surface area is 109 Å². The zero-order valence-corrected chi connectivity index (χ0v) is 11.4. The van der Waals surface area contributed by atoms with Crippen molar-refractivity contribution in [2.24, 2.45) is 5.92 Å². The Morgan fingerprint density at radius 3 is 2.50 bits per heavy atom. The molecule has 0 radical (unpaired) electrons. The molecule has 4 heteroatoms. The van der Waals surface area contributed by atoms with Crippen molar-refractivity contribution in [3.8, 4) is 0 Å². The molecule has 102 valence electrons. The number of carbonyl (C=O) groups is 2. The fraction of sp³-hybridized carbons (Fsp3) is 0.857. The van der Waals surface area contributed by atoms with Gasteiger partial charge in [0.25, 0.3) is 0 Å². The van der Waals surface area contributed by atoms with Gasteiger partial charge in [-0.1, -0.05) is 19.3 Å². The average Bonchev–Trinajstić information content (AvgIpc) is 2.65. The summed E-state index contributed by atoms with van der Waals surface area (Å²) in [5, 5.41) is 3.38.